The molecular weight excluding hydrogens is 236 g/mol. The van der Waals surface area contributed by atoms with Crippen LogP contribution >= 0.6 is 11.8 Å². The Labute approximate surface area is 94.8 Å². The van der Waals surface area contributed by atoms with Crippen molar-refractivity contribution in [3.05, 3.63) is 35.4 Å². The highest BCUT2D eigenvalue weighted by Gasteiger charge is 2.30. The molecule has 1 unspecified atom stereocenters. The van der Waals surface area contributed by atoms with Gasteiger partial charge in [0.05, 0.1) is 5.37 Å². The van der Waals surface area contributed by atoms with Crippen LogP contribution in [-0.4, -0.2) is 22.9 Å². The summed E-state index contributed by atoms with van der Waals surface area (Å²) in [5.74, 6) is -1.88. The summed E-state index contributed by atoms with van der Waals surface area (Å²) in [6, 6.07) is 2.54. The Kier molecular flexibility index (Phi) is 3.11. The Hall–Kier alpha value is -1.14. The molecule has 2 atom stereocenters. The minimum Gasteiger partial charge on any atom is -0.480 e. The Balaban J connectivity index is 2.17. The fourth-order valence-electron chi connectivity index (χ4n) is 1.53. The van der Waals surface area contributed by atoms with E-state index in [1.54, 1.807) is 0 Å². The van der Waals surface area contributed by atoms with E-state index in [9.17, 15) is 13.6 Å². The number of carboxylic acid groups (broad SMARTS) is 1. The van der Waals surface area contributed by atoms with E-state index in [1.165, 1.54) is 23.9 Å². The molecule has 0 spiro atoms. The third-order valence-electron chi connectivity index (χ3n) is 2.27. The smallest absolute Gasteiger partial charge is 0.321 e. The third-order valence-corrected chi connectivity index (χ3v) is 3.54. The predicted molar refractivity (Wildman–Crippen MR) is 56.1 cm³/mol. The number of halogens is 2. The number of aliphatic carboxylic acids is 1. The molecular formula is C10H9F2NO2S. The maximum absolute atomic E-state index is 12.9. The highest BCUT2D eigenvalue weighted by molar-refractivity contribution is 7.99. The summed E-state index contributed by atoms with van der Waals surface area (Å²) in [5.41, 5.74) is 0.422. The standard InChI is InChI=1S/C10H9F2NO2S/c11-6-1-5(2-7(12)3-6)9-13-8(4-16-9)10(14)15/h1-3,8-9,13H,4H2,(H,14,15)/t8-,9?/m1/s1. The number of benzene rings is 1. The average molecular weight is 245 g/mol. The molecule has 0 radical (unpaired) electrons. The van der Waals surface area contributed by atoms with E-state index in [0.717, 1.165) is 6.07 Å². The molecule has 1 aliphatic rings. The van der Waals surface area contributed by atoms with Crippen LogP contribution in [0.3, 0.4) is 0 Å². The lowest BCUT2D eigenvalue weighted by Crippen LogP contribution is -2.33. The van der Waals surface area contributed by atoms with E-state index in [4.69, 9.17) is 5.11 Å². The molecule has 0 amide bonds. The van der Waals surface area contributed by atoms with Gasteiger partial charge in [0.2, 0.25) is 0 Å². The van der Waals surface area contributed by atoms with Gasteiger partial charge in [-0.25, -0.2) is 8.78 Å². The molecule has 3 nitrogen and oxygen atoms in total. The van der Waals surface area contributed by atoms with Gasteiger partial charge in [-0.15, -0.1) is 11.8 Å². The number of hydrogen-bond acceptors (Lipinski definition) is 3. The van der Waals surface area contributed by atoms with Gasteiger partial charge in [-0.2, -0.15) is 0 Å². The van der Waals surface area contributed by atoms with Crippen molar-refractivity contribution in [2.45, 2.75) is 11.4 Å². The monoisotopic (exact) mass is 245 g/mol. The Morgan fingerprint density at radius 1 is 1.38 bits per heavy atom. The van der Waals surface area contributed by atoms with E-state index < -0.39 is 23.6 Å². The summed E-state index contributed by atoms with van der Waals surface area (Å²) in [6.45, 7) is 0. The van der Waals surface area contributed by atoms with Crippen molar-refractivity contribution in [2.75, 3.05) is 5.75 Å². The maximum atomic E-state index is 12.9. The highest BCUT2D eigenvalue weighted by Crippen LogP contribution is 2.33. The summed E-state index contributed by atoms with van der Waals surface area (Å²) in [5, 5.41) is 11.2. The number of hydrogen-bond donors (Lipinski definition) is 2. The summed E-state index contributed by atoms with van der Waals surface area (Å²) >= 11 is 1.32. The number of thioether (sulfide) groups is 1. The summed E-state index contributed by atoms with van der Waals surface area (Å²) in [4.78, 5) is 10.7. The lowest BCUT2D eigenvalue weighted by atomic mass is 10.2. The first kappa shape index (κ1) is 11.3. The molecule has 16 heavy (non-hydrogen) atoms. The first-order valence-corrected chi connectivity index (χ1v) is 5.67. The molecule has 86 valence electrons. The third kappa shape index (κ3) is 2.33. The Morgan fingerprint density at radius 3 is 2.50 bits per heavy atom. The largest absolute Gasteiger partial charge is 0.480 e. The van der Waals surface area contributed by atoms with Crippen molar-refractivity contribution in [1.29, 1.82) is 0 Å². The predicted octanol–water partition coefficient (Wildman–Crippen LogP) is 1.75. The van der Waals surface area contributed by atoms with Gasteiger partial charge in [0.1, 0.15) is 17.7 Å². The van der Waals surface area contributed by atoms with Gasteiger partial charge in [-0.3, -0.25) is 10.1 Å². The molecule has 1 saturated heterocycles. The van der Waals surface area contributed by atoms with Crippen LogP contribution in [0.2, 0.25) is 0 Å². The average Bonchev–Trinajstić information content (AvgIpc) is 2.64. The van der Waals surface area contributed by atoms with Crippen LogP contribution in [0.4, 0.5) is 8.78 Å². The zero-order valence-corrected chi connectivity index (χ0v) is 8.93. The molecule has 2 N–H and O–H groups in total. The Bertz CT molecular complexity index is 407. The van der Waals surface area contributed by atoms with Crippen molar-refractivity contribution in [1.82, 2.24) is 5.32 Å². The van der Waals surface area contributed by atoms with E-state index in [1.807, 2.05) is 0 Å². The molecule has 2 rings (SSSR count). The number of nitrogens with one attached hydrogen (secondary N) is 1. The second kappa shape index (κ2) is 4.39. The van der Waals surface area contributed by atoms with E-state index in [0.29, 0.717) is 11.3 Å². The molecule has 0 aromatic heterocycles. The first-order valence-electron chi connectivity index (χ1n) is 4.63. The molecule has 1 aromatic rings. The van der Waals surface area contributed by atoms with Crippen molar-refractivity contribution >= 4 is 17.7 Å². The lowest BCUT2D eigenvalue weighted by Gasteiger charge is -2.11. The summed E-state index contributed by atoms with van der Waals surface area (Å²) < 4.78 is 25.9. The van der Waals surface area contributed by atoms with Crippen LogP contribution < -0.4 is 5.32 Å². The number of rotatable bonds is 2. The van der Waals surface area contributed by atoms with Gasteiger partial charge >= 0.3 is 5.97 Å². The first-order chi connectivity index (χ1) is 7.56. The van der Waals surface area contributed by atoms with Gasteiger partial charge in [-0.1, -0.05) is 0 Å². The minimum absolute atomic E-state index is 0.369. The molecule has 1 heterocycles. The maximum Gasteiger partial charge on any atom is 0.321 e. The van der Waals surface area contributed by atoms with Gasteiger partial charge < -0.3 is 5.11 Å². The molecule has 1 aromatic carbocycles. The quantitative estimate of drug-likeness (QED) is 0.833. The van der Waals surface area contributed by atoms with E-state index >= 15 is 0 Å². The minimum atomic E-state index is -0.952. The summed E-state index contributed by atoms with van der Waals surface area (Å²) in [7, 11) is 0. The van der Waals surface area contributed by atoms with Crippen LogP contribution in [0.5, 0.6) is 0 Å². The fraction of sp³-hybridized carbons (Fsp3) is 0.300. The van der Waals surface area contributed by atoms with Crippen molar-refractivity contribution in [3.8, 4) is 0 Å². The highest BCUT2D eigenvalue weighted by atomic mass is 32.2. The normalized spacial score (nSPS) is 24.6. The van der Waals surface area contributed by atoms with Crippen molar-refractivity contribution < 1.29 is 18.7 Å². The Morgan fingerprint density at radius 2 is 2.00 bits per heavy atom. The number of carbonyl (C=O) groups is 1. The van der Waals surface area contributed by atoms with Crippen LogP contribution in [0.1, 0.15) is 10.9 Å². The molecule has 1 aliphatic heterocycles. The number of carboxylic acids is 1. The molecule has 0 bridgehead atoms. The van der Waals surface area contributed by atoms with Crippen LogP contribution in [0.15, 0.2) is 18.2 Å². The van der Waals surface area contributed by atoms with Gasteiger partial charge in [-0.05, 0) is 17.7 Å². The van der Waals surface area contributed by atoms with Gasteiger partial charge in [0.15, 0.2) is 0 Å². The van der Waals surface area contributed by atoms with Crippen molar-refractivity contribution in [2.24, 2.45) is 0 Å². The second-order valence-corrected chi connectivity index (χ2v) is 4.61. The SMILES string of the molecule is O=C(O)[C@H]1CSC(c2cc(F)cc(F)c2)N1. The fourth-order valence-corrected chi connectivity index (χ4v) is 2.75. The molecule has 1 fully saturated rings. The second-order valence-electron chi connectivity index (χ2n) is 3.47. The topological polar surface area (TPSA) is 49.3 Å². The van der Waals surface area contributed by atoms with Crippen molar-refractivity contribution in [3.63, 3.8) is 0 Å². The van der Waals surface area contributed by atoms with Gasteiger partial charge in [0.25, 0.3) is 0 Å². The van der Waals surface area contributed by atoms with Crippen LogP contribution in [0, 0.1) is 11.6 Å². The lowest BCUT2D eigenvalue weighted by molar-refractivity contribution is -0.138. The molecule has 6 heteroatoms. The zero-order chi connectivity index (χ0) is 11.7. The summed E-state index contributed by atoms with van der Waals surface area (Å²) in [6.07, 6.45) is 0. The van der Waals surface area contributed by atoms with Crippen LogP contribution in [0.25, 0.3) is 0 Å². The van der Waals surface area contributed by atoms with E-state index in [-0.39, 0.29) is 5.37 Å². The van der Waals surface area contributed by atoms with Gasteiger partial charge in [0, 0.05) is 11.8 Å². The van der Waals surface area contributed by atoms with Crippen LogP contribution in [-0.2, 0) is 4.79 Å². The molecule has 0 aliphatic carbocycles. The van der Waals surface area contributed by atoms with E-state index in [2.05, 4.69) is 5.32 Å². The zero-order valence-electron chi connectivity index (χ0n) is 8.11. The molecule has 0 saturated carbocycles.